The maximum atomic E-state index is 12.3. The van der Waals surface area contributed by atoms with E-state index in [1.165, 1.54) is 74.6 Å². The van der Waals surface area contributed by atoms with Crippen molar-refractivity contribution < 1.29 is 98.3 Å². The summed E-state index contributed by atoms with van der Waals surface area (Å²) in [6, 6.07) is 66.9. The zero-order valence-electron chi connectivity index (χ0n) is 75.2. The number of hydrazone groups is 6. The highest BCUT2D eigenvalue weighted by Gasteiger charge is 2.21. The third-order valence-corrected chi connectivity index (χ3v) is 22.8. The number of phenols is 8. The van der Waals surface area contributed by atoms with Crippen molar-refractivity contribution in [2.75, 3.05) is 32.2 Å². The molecule has 143 heavy (non-hydrogen) atoms. The molecule has 0 saturated heterocycles. The first-order valence-electron chi connectivity index (χ1n) is 41.4. The third kappa shape index (κ3) is 35.7. The normalized spacial score (nSPS) is 10.7. The first-order chi connectivity index (χ1) is 68.4. The molecule has 13 aromatic carbocycles. The molecule has 0 spiro atoms. The van der Waals surface area contributed by atoms with Crippen LogP contribution in [0.3, 0.4) is 0 Å². The standard InChI is InChI=1S/C23H20BrN3O4.C16H14Br2N2O3.C16H15BrN2O3.C16H14ClN3O6.C14H9BrCl2N2O2.C14H11IN2O3/c1-14-3-5-15(6-4-14)22(29)26-19-9-7-16(8-10-19)23(30)27-25-13-17-11-18(24)12-20(31-2)21(17)28;1-2-23-14-8-10(7-13(18)15(14)21)9-19-20-16(22)11-5-3-4-6-12(11)17;1-2-22-14-9-5-6-11(15(14)20)10-18-19-16(21)12-7-3-4-8-13(12)17;1-2-26-14-7-11(20(24)25)5-9(15(14)22)8-18-19-16(23)12-6-10(17)3-4-13(12)21;15-11-4-2-1-3-10(11)14(21)19-18-7-8-5-9(16)6-12(17)13(8)20;15-11-5-1-3-9(7-11)14(20)17-16-8-10-4-2-6-12(18)13(10)19/h3-13,28H,1-2H3,(H,26,29)(H,27,30);3-9,21H,2H2,1H3,(H,20,22);3-10,20H,2H2,1H3,(H,19,21);3-8,21-22H,2H2,1H3,(H,19,23);1-7,20H,(H,19,21);1-8,18-19H,(H,17,20)/b25-13+;19-9+;18-10+;18-8+;18-7+;16-8+. The van der Waals surface area contributed by atoms with Crippen LogP contribution in [-0.4, -0.2) is 151 Å². The number of hydrogen-bond donors (Lipinski definition) is 15. The highest BCUT2D eigenvalue weighted by molar-refractivity contribution is 14.1. The van der Waals surface area contributed by atoms with Gasteiger partial charge in [-0.05, 0) is 289 Å². The number of nitrogens with zero attached hydrogens (tertiary/aromatic N) is 7. The Morgan fingerprint density at radius 1 is 0.371 bits per heavy atom. The number of aromatic hydroxyl groups is 8. The van der Waals surface area contributed by atoms with E-state index < -0.39 is 16.7 Å². The first-order valence-corrected chi connectivity index (χ1v) is 47.6. The molecule has 0 aromatic heterocycles. The molecule has 15 N–H and O–H groups in total. The summed E-state index contributed by atoms with van der Waals surface area (Å²) in [5, 5.41) is 116. The van der Waals surface area contributed by atoms with E-state index >= 15 is 0 Å². The lowest BCUT2D eigenvalue weighted by molar-refractivity contribution is -0.385. The van der Waals surface area contributed by atoms with Gasteiger partial charge < -0.3 is 65.1 Å². The number of nitro groups is 1. The van der Waals surface area contributed by atoms with Gasteiger partial charge in [0.1, 0.15) is 11.5 Å². The topological polar surface area (TPSA) is 520 Å². The molecule has 0 aliphatic rings. The van der Waals surface area contributed by atoms with Crippen LogP contribution >= 0.6 is 137 Å². The van der Waals surface area contributed by atoms with Crippen molar-refractivity contribution >= 4 is 227 Å². The molecular formula is C99H83Br5Cl3IN14O21. The van der Waals surface area contributed by atoms with Crippen molar-refractivity contribution in [3.8, 4) is 69.0 Å². The fraction of sp³-hybridized carbons (Fsp3) is 0.0808. The second-order valence-electron chi connectivity index (χ2n) is 28.3. The maximum absolute atomic E-state index is 12.3. The molecule has 35 nitrogen and oxygen atoms in total. The van der Waals surface area contributed by atoms with E-state index in [0.29, 0.717) is 119 Å². The van der Waals surface area contributed by atoms with E-state index in [9.17, 15) is 84.5 Å². The molecule has 0 fully saturated rings. The van der Waals surface area contributed by atoms with E-state index in [0.717, 1.165) is 27.5 Å². The van der Waals surface area contributed by atoms with Crippen LogP contribution in [0, 0.1) is 20.6 Å². The molecule has 0 bridgehead atoms. The van der Waals surface area contributed by atoms with Crippen molar-refractivity contribution in [3.05, 3.63) is 378 Å². The van der Waals surface area contributed by atoms with Gasteiger partial charge in [-0.25, -0.2) is 32.6 Å². The summed E-state index contributed by atoms with van der Waals surface area (Å²) < 4.78 is 25.0. The summed E-state index contributed by atoms with van der Waals surface area (Å²) in [6.45, 7) is 8.34. The van der Waals surface area contributed by atoms with Crippen LogP contribution in [0.5, 0.6) is 69.0 Å². The summed E-state index contributed by atoms with van der Waals surface area (Å²) in [6.07, 6.45) is 7.71. The van der Waals surface area contributed by atoms with E-state index in [4.69, 9.17) is 53.8 Å². The summed E-state index contributed by atoms with van der Waals surface area (Å²) in [7, 11) is 1.44. The number of carbonyl (C=O) groups is 7. The lowest BCUT2D eigenvalue weighted by atomic mass is 10.1. The number of halogens is 9. The van der Waals surface area contributed by atoms with E-state index in [1.54, 1.807) is 177 Å². The van der Waals surface area contributed by atoms with Gasteiger partial charge in [0.25, 0.3) is 47.0 Å². The van der Waals surface area contributed by atoms with E-state index in [1.807, 2.05) is 51.1 Å². The molecule has 13 aromatic rings. The number of carbonyl (C=O) groups excluding carboxylic acids is 7. The fourth-order valence-corrected chi connectivity index (χ4v) is 14.9. The van der Waals surface area contributed by atoms with Gasteiger partial charge in [-0.1, -0.05) is 123 Å². The van der Waals surface area contributed by atoms with Gasteiger partial charge >= 0.3 is 0 Å². The zero-order chi connectivity index (χ0) is 104. The van der Waals surface area contributed by atoms with Crippen LogP contribution in [0.4, 0.5) is 11.4 Å². The minimum absolute atomic E-state index is 0.0109. The number of anilines is 1. The average Bonchev–Trinajstić information content (AvgIpc) is 0.695. The number of nitrogens with one attached hydrogen (secondary N) is 7. The predicted octanol–water partition coefficient (Wildman–Crippen LogP) is 21.4. The predicted molar refractivity (Wildman–Crippen MR) is 573 cm³/mol. The molecule has 44 heteroatoms. The Kier molecular flexibility index (Phi) is 45.8. The Bertz CT molecular complexity index is 6960. The molecule has 0 heterocycles. The number of nitro benzene ring substituents is 1. The van der Waals surface area contributed by atoms with Crippen molar-refractivity contribution in [2.24, 2.45) is 30.6 Å². The van der Waals surface area contributed by atoms with Gasteiger partial charge in [-0.3, -0.25) is 43.7 Å². The quantitative estimate of drug-likeness (QED) is 0.00712. The highest BCUT2D eigenvalue weighted by atomic mass is 127. The van der Waals surface area contributed by atoms with Gasteiger partial charge in [-0.15, -0.1) is 0 Å². The number of hydrogen-bond acceptors (Lipinski definition) is 27. The lowest BCUT2D eigenvalue weighted by Gasteiger charge is -2.08. The summed E-state index contributed by atoms with van der Waals surface area (Å²) in [5.41, 5.74) is 20.3. The fourth-order valence-electron chi connectivity index (χ4n) is 11.3. The van der Waals surface area contributed by atoms with Crippen molar-refractivity contribution in [2.45, 2.75) is 27.7 Å². The first kappa shape index (κ1) is 113. The molecule has 0 aliphatic carbocycles. The molecule has 0 saturated carbocycles. The largest absolute Gasteiger partial charge is 0.507 e. The number of methoxy groups -OCH3 is 1. The van der Waals surface area contributed by atoms with Crippen LogP contribution in [0.25, 0.3) is 0 Å². The van der Waals surface area contributed by atoms with Crippen LogP contribution in [0.2, 0.25) is 15.1 Å². The monoisotopic (exact) mass is 2430 g/mol. The van der Waals surface area contributed by atoms with Crippen molar-refractivity contribution in [3.63, 3.8) is 0 Å². The second-order valence-corrected chi connectivity index (χ2v) is 35.1. The molecule has 7 amide bonds. The molecule has 0 radical (unpaired) electrons. The molecular weight excluding hydrogens is 2350 g/mol. The van der Waals surface area contributed by atoms with E-state index in [-0.39, 0.29) is 120 Å². The maximum Gasteiger partial charge on any atom is 0.275 e. The molecule has 738 valence electrons. The summed E-state index contributed by atoms with van der Waals surface area (Å²) >= 11 is 36.0. The van der Waals surface area contributed by atoms with Gasteiger partial charge in [-0.2, -0.15) is 30.6 Å². The van der Waals surface area contributed by atoms with Crippen LogP contribution in [-0.2, 0) is 0 Å². The third-order valence-electron chi connectivity index (χ3n) is 18.3. The number of para-hydroxylation sites is 2. The molecule has 13 rings (SSSR count). The highest BCUT2D eigenvalue weighted by Crippen LogP contribution is 2.38. The van der Waals surface area contributed by atoms with Crippen molar-refractivity contribution in [1.82, 2.24) is 32.6 Å². The number of rotatable bonds is 28. The summed E-state index contributed by atoms with van der Waals surface area (Å²) in [4.78, 5) is 94.6. The van der Waals surface area contributed by atoms with Gasteiger partial charge in [0, 0.05) is 87.8 Å². The number of ether oxygens (including phenoxy) is 4. The number of amides is 7. The number of benzene rings is 13. The minimum Gasteiger partial charge on any atom is -0.507 e. The number of non-ortho nitro benzene ring substituents is 1. The van der Waals surface area contributed by atoms with Gasteiger partial charge in [0.15, 0.2) is 57.5 Å². The van der Waals surface area contributed by atoms with Crippen molar-refractivity contribution in [1.29, 1.82) is 0 Å². The van der Waals surface area contributed by atoms with E-state index in [2.05, 4.69) is 171 Å². The Hall–Kier alpha value is -14.8. The smallest absolute Gasteiger partial charge is 0.275 e. The minimum atomic E-state index is -0.754. The Balaban J connectivity index is 0.000000211. The number of phenolic OH excluding ortho intramolecular Hbond substituents is 8. The second kappa shape index (κ2) is 57.8. The molecule has 0 atom stereocenters. The zero-order valence-corrected chi connectivity index (χ0v) is 87.5. The Morgan fingerprint density at radius 3 is 1.32 bits per heavy atom. The van der Waals surface area contributed by atoms with Crippen LogP contribution < -0.4 is 56.8 Å². The Labute approximate surface area is 887 Å². The SMILES string of the molecule is CCOc1cc(/C=N/NC(=O)c2ccccc2Br)cc(Br)c1O.CCOc1cc([N+](=O)[O-])cc(/C=N/NC(=O)c2cc(Cl)ccc2O)c1O.CCOc1cccc(/C=N/NC(=O)c2ccccc2Br)c1O.COc1cc(Br)cc(/C=N/NC(=O)c2ccc(NC(=O)c3ccc(C)cc3)cc2)c1O.O=C(N/N=C/c1cc(Cl)cc(Cl)c1O)c1ccccc1Br.O=C(N/N=C/c1cccc(O)c1O)c1cccc(I)c1. The van der Waals surface area contributed by atoms with Gasteiger partial charge in [0.05, 0.1) is 107 Å². The molecule has 0 aliphatic heterocycles. The van der Waals surface area contributed by atoms with Crippen LogP contribution in [0.1, 0.15) is 132 Å². The molecule has 0 unspecified atom stereocenters. The Morgan fingerprint density at radius 2 is 0.804 bits per heavy atom. The summed E-state index contributed by atoms with van der Waals surface area (Å²) in [5.74, 6) is -3.28. The number of aryl methyl sites for hydroxylation is 1. The lowest BCUT2D eigenvalue weighted by Crippen LogP contribution is -2.18. The average molecular weight is 2440 g/mol. The van der Waals surface area contributed by atoms with Crippen LogP contribution in [0.15, 0.2) is 302 Å². The van der Waals surface area contributed by atoms with Gasteiger partial charge in [0.2, 0.25) is 0 Å².